The number of nitrogens with zero attached hydrogens (tertiary/aromatic N) is 1. The number of amides is 1. The van der Waals surface area contributed by atoms with Gasteiger partial charge in [0.05, 0.1) is 6.42 Å². The molecule has 0 unspecified atom stereocenters. The van der Waals surface area contributed by atoms with E-state index in [2.05, 4.69) is 0 Å². The SMILES string of the molecule is O=C(Cc1ccsc1)N(c1cccc(F)c1)C1CCOCC1. The molecule has 2 heterocycles. The van der Waals surface area contributed by atoms with Crippen LogP contribution in [0.3, 0.4) is 0 Å². The lowest BCUT2D eigenvalue weighted by molar-refractivity contribution is -0.118. The van der Waals surface area contributed by atoms with E-state index in [1.54, 1.807) is 28.4 Å². The number of rotatable bonds is 4. The Kier molecular flexibility index (Phi) is 4.85. The summed E-state index contributed by atoms with van der Waals surface area (Å²) in [7, 11) is 0. The van der Waals surface area contributed by atoms with Gasteiger partial charge >= 0.3 is 0 Å². The molecule has 1 aliphatic rings. The maximum absolute atomic E-state index is 13.6. The summed E-state index contributed by atoms with van der Waals surface area (Å²) >= 11 is 1.58. The number of benzene rings is 1. The van der Waals surface area contributed by atoms with Crippen LogP contribution in [-0.2, 0) is 16.0 Å². The minimum absolute atomic E-state index is 0.0101. The zero-order valence-electron chi connectivity index (χ0n) is 12.2. The fraction of sp³-hybridized carbons (Fsp3) is 0.353. The van der Waals surface area contributed by atoms with Crippen molar-refractivity contribution in [2.24, 2.45) is 0 Å². The maximum atomic E-state index is 13.6. The van der Waals surface area contributed by atoms with E-state index in [1.165, 1.54) is 12.1 Å². The van der Waals surface area contributed by atoms with Gasteiger partial charge in [-0.2, -0.15) is 11.3 Å². The predicted molar refractivity (Wildman–Crippen MR) is 85.8 cm³/mol. The Hall–Kier alpha value is -1.72. The van der Waals surface area contributed by atoms with Gasteiger partial charge in [0.25, 0.3) is 0 Å². The summed E-state index contributed by atoms with van der Waals surface area (Å²) in [4.78, 5) is 14.5. The van der Waals surface area contributed by atoms with E-state index in [1.807, 2.05) is 16.8 Å². The van der Waals surface area contributed by atoms with Gasteiger partial charge in [-0.1, -0.05) is 6.07 Å². The monoisotopic (exact) mass is 319 g/mol. The fourth-order valence-electron chi connectivity index (χ4n) is 2.78. The van der Waals surface area contributed by atoms with Crippen LogP contribution in [0, 0.1) is 5.82 Å². The van der Waals surface area contributed by atoms with E-state index >= 15 is 0 Å². The van der Waals surface area contributed by atoms with Crippen LogP contribution in [0.4, 0.5) is 10.1 Å². The molecular weight excluding hydrogens is 301 g/mol. The van der Waals surface area contributed by atoms with Crippen molar-refractivity contribution >= 4 is 22.9 Å². The first-order chi connectivity index (χ1) is 10.7. The normalized spacial score (nSPS) is 15.7. The molecule has 0 bridgehead atoms. The highest BCUT2D eigenvalue weighted by Crippen LogP contribution is 2.25. The van der Waals surface area contributed by atoms with Gasteiger partial charge in [0.1, 0.15) is 5.82 Å². The molecule has 1 fully saturated rings. The molecule has 1 aliphatic heterocycles. The Morgan fingerprint density at radius 2 is 2.14 bits per heavy atom. The average molecular weight is 319 g/mol. The molecule has 2 aromatic rings. The highest BCUT2D eigenvalue weighted by Gasteiger charge is 2.27. The number of anilines is 1. The maximum Gasteiger partial charge on any atom is 0.231 e. The lowest BCUT2D eigenvalue weighted by Crippen LogP contribution is -2.44. The average Bonchev–Trinajstić information content (AvgIpc) is 3.01. The Balaban J connectivity index is 1.86. The van der Waals surface area contributed by atoms with Crippen LogP contribution in [-0.4, -0.2) is 25.2 Å². The molecule has 5 heteroatoms. The fourth-order valence-corrected chi connectivity index (χ4v) is 3.45. The third-order valence-electron chi connectivity index (χ3n) is 3.85. The first-order valence-electron chi connectivity index (χ1n) is 7.40. The van der Waals surface area contributed by atoms with E-state index in [-0.39, 0.29) is 17.8 Å². The summed E-state index contributed by atoms with van der Waals surface area (Å²) < 4.78 is 19.0. The number of carbonyl (C=O) groups excluding carboxylic acids is 1. The van der Waals surface area contributed by atoms with E-state index in [0.29, 0.717) is 25.3 Å². The highest BCUT2D eigenvalue weighted by atomic mass is 32.1. The number of thiophene rings is 1. The molecule has 0 aliphatic carbocycles. The summed E-state index contributed by atoms with van der Waals surface area (Å²) in [5, 5.41) is 3.94. The molecule has 1 amide bonds. The van der Waals surface area contributed by atoms with Gasteiger partial charge in [-0.3, -0.25) is 4.79 Å². The lowest BCUT2D eigenvalue weighted by atomic mass is 10.0. The second-order valence-electron chi connectivity index (χ2n) is 5.40. The van der Waals surface area contributed by atoms with E-state index in [0.717, 1.165) is 18.4 Å². The van der Waals surface area contributed by atoms with Crippen LogP contribution in [0.2, 0.25) is 0 Å². The standard InChI is InChI=1S/C17H18FNO2S/c18-14-2-1-3-16(11-14)19(15-4-7-21-8-5-15)17(20)10-13-6-9-22-12-13/h1-3,6,9,11-12,15H,4-5,7-8,10H2. The Bertz CT molecular complexity index is 623. The molecule has 0 saturated carbocycles. The zero-order chi connectivity index (χ0) is 15.4. The number of ether oxygens (including phenoxy) is 1. The minimum atomic E-state index is -0.321. The third kappa shape index (κ3) is 3.54. The topological polar surface area (TPSA) is 29.5 Å². The Morgan fingerprint density at radius 1 is 1.32 bits per heavy atom. The van der Waals surface area contributed by atoms with Crippen LogP contribution in [0.1, 0.15) is 18.4 Å². The highest BCUT2D eigenvalue weighted by molar-refractivity contribution is 7.08. The number of hydrogen-bond donors (Lipinski definition) is 0. The molecule has 0 atom stereocenters. The number of carbonyl (C=O) groups is 1. The van der Waals surface area contributed by atoms with Crippen molar-refractivity contribution in [3.05, 3.63) is 52.5 Å². The molecule has 1 saturated heterocycles. The summed E-state index contributed by atoms with van der Waals surface area (Å²) in [6.45, 7) is 1.28. The summed E-state index contributed by atoms with van der Waals surface area (Å²) in [5.41, 5.74) is 1.63. The van der Waals surface area contributed by atoms with Gasteiger partial charge < -0.3 is 9.64 Å². The van der Waals surface area contributed by atoms with Gasteiger partial charge in [0.2, 0.25) is 5.91 Å². The molecule has 0 radical (unpaired) electrons. The van der Waals surface area contributed by atoms with Gasteiger partial charge in [-0.15, -0.1) is 0 Å². The molecule has 1 aromatic heterocycles. The first kappa shape index (κ1) is 15.2. The quantitative estimate of drug-likeness (QED) is 0.861. The van der Waals surface area contributed by atoms with E-state index in [4.69, 9.17) is 4.74 Å². The van der Waals surface area contributed by atoms with Crippen molar-refractivity contribution in [2.45, 2.75) is 25.3 Å². The molecule has 116 valence electrons. The number of hydrogen-bond acceptors (Lipinski definition) is 3. The molecule has 0 N–H and O–H groups in total. The second kappa shape index (κ2) is 7.03. The van der Waals surface area contributed by atoms with Crippen LogP contribution in [0.15, 0.2) is 41.1 Å². The van der Waals surface area contributed by atoms with Crippen molar-refractivity contribution in [1.29, 1.82) is 0 Å². The summed E-state index contributed by atoms with van der Waals surface area (Å²) in [6, 6.07) is 8.30. The zero-order valence-corrected chi connectivity index (χ0v) is 13.0. The summed E-state index contributed by atoms with van der Waals surface area (Å²) in [5.74, 6) is -0.311. The lowest BCUT2D eigenvalue weighted by Gasteiger charge is -2.34. The minimum Gasteiger partial charge on any atom is -0.381 e. The molecular formula is C17H18FNO2S. The van der Waals surface area contributed by atoms with Gasteiger partial charge in [-0.05, 0) is 53.4 Å². The predicted octanol–water partition coefficient (Wildman–Crippen LogP) is 3.64. The van der Waals surface area contributed by atoms with Crippen LogP contribution >= 0.6 is 11.3 Å². The largest absolute Gasteiger partial charge is 0.381 e. The van der Waals surface area contributed by atoms with Crippen LogP contribution in [0.25, 0.3) is 0 Å². The molecule has 1 aromatic carbocycles. The van der Waals surface area contributed by atoms with Gasteiger partial charge in [-0.25, -0.2) is 4.39 Å². The van der Waals surface area contributed by atoms with Crippen molar-refractivity contribution in [3.63, 3.8) is 0 Å². The van der Waals surface area contributed by atoms with Crippen molar-refractivity contribution in [3.8, 4) is 0 Å². The number of halogens is 1. The summed E-state index contributed by atoms with van der Waals surface area (Å²) in [6.07, 6.45) is 1.91. The van der Waals surface area contributed by atoms with Gasteiger partial charge in [0, 0.05) is 24.9 Å². The molecule has 3 nitrogen and oxygen atoms in total. The van der Waals surface area contributed by atoms with Crippen molar-refractivity contribution in [1.82, 2.24) is 0 Å². The second-order valence-corrected chi connectivity index (χ2v) is 6.18. The molecule has 22 heavy (non-hydrogen) atoms. The van der Waals surface area contributed by atoms with E-state index in [9.17, 15) is 9.18 Å². The molecule has 3 rings (SSSR count). The van der Waals surface area contributed by atoms with Gasteiger partial charge in [0.15, 0.2) is 0 Å². The van der Waals surface area contributed by atoms with Crippen molar-refractivity contribution < 1.29 is 13.9 Å². The Morgan fingerprint density at radius 3 is 2.82 bits per heavy atom. The van der Waals surface area contributed by atoms with E-state index < -0.39 is 0 Å². The van der Waals surface area contributed by atoms with Crippen LogP contribution in [0.5, 0.6) is 0 Å². The Labute approximate surface area is 133 Å². The first-order valence-corrected chi connectivity index (χ1v) is 8.35. The third-order valence-corrected chi connectivity index (χ3v) is 4.58. The smallest absolute Gasteiger partial charge is 0.231 e. The molecule has 0 spiro atoms. The van der Waals surface area contributed by atoms with Crippen LogP contribution < -0.4 is 4.90 Å². The van der Waals surface area contributed by atoms with Crippen molar-refractivity contribution in [2.75, 3.05) is 18.1 Å².